The van der Waals surface area contributed by atoms with Crippen LogP contribution in [0.1, 0.15) is 57.8 Å². The summed E-state index contributed by atoms with van der Waals surface area (Å²) < 4.78 is 27.4. The van der Waals surface area contributed by atoms with E-state index in [4.69, 9.17) is 5.11 Å². The van der Waals surface area contributed by atoms with Crippen molar-refractivity contribution in [3.8, 4) is 0 Å². The highest BCUT2D eigenvalue weighted by Gasteiger charge is 2.35. The quantitative estimate of drug-likeness (QED) is 0.827. The van der Waals surface area contributed by atoms with Crippen molar-refractivity contribution in [2.45, 2.75) is 69.1 Å². The third kappa shape index (κ3) is 3.92. The number of sulfonamides is 1. The summed E-state index contributed by atoms with van der Waals surface area (Å²) in [5.41, 5.74) is 0. The predicted octanol–water partition coefficient (Wildman–Crippen LogP) is 1.88. The van der Waals surface area contributed by atoms with Crippen molar-refractivity contribution in [1.82, 2.24) is 4.72 Å². The van der Waals surface area contributed by atoms with Gasteiger partial charge in [-0.25, -0.2) is 13.1 Å². The van der Waals surface area contributed by atoms with Crippen LogP contribution in [0.2, 0.25) is 0 Å². The number of hydrogen-bond donors (Lipinski definition) is 2. The van der Waals surface area contributed by atoms with Crippen LogP contribution in [0.15, 0.2) is 0 Å². The second kappa shape index (κ2) is 6.22. The van der Waals surface area contributed by atoms with Gasteiger partial charge in [0.05, 0.1) is 11.2 Å². The van der Waals surface area contributed by atoms with Gasteiger partial charge < -0.3 is 5.11 Å². The molecule has 0 bridgehead atoms. The van der Waals surface area contributed by atoms with Crippen molar-refractivity contribution in [2.75, 3.05) is 0 Å². The number of hydrogen-bond acceptors (Lipinski definition) is 3. The third-order valence-corrected chi connectivity index (χ3v) is 6.32. The number of carboxylic acids is 1. The van der Waals surface area contributed by atoms with E-state index in [0.717, 1.165) is 25.7 Å². The molecular formula is C13H23NO4S. The van der Waals surface area contributed by atoms with E-state index in [9.17, 15) is 13.2 Å². The van der Waals surface area contributed by atoms with Gasteiger partial charge in [-0.1, -0.05) is 25.7 Å². The fourth-order valence-corrected chi connectivity index (χ4v) is 5.06. The zero-order chi connectivity index (χ0) is 13.9. The van der Waals surface area contributed by atoms with Crippen molar-refractivity contribution in [3.63, 3.8) is 0 Å². The molecule has 19 heavy (non-hydrogen) atoms. The normalized spacial score (nSPS) is 30.1. The average Bonchev–Trinajstić information content (AvgIpc) is 2.39. The first kappa shape index (κ1) is 14.8. The van der Waals surface area contributed by atoms with Crippen molar-refractivity contribution in [3.05, 3.63) is 0 Å². The highest BCUT2D eigenvalue weighted by molar-refractivity contribution is 7.90. The van der Waals surface area contributed by atoms with E-state index in [0.29, 0.717) is 19.3 Å². The highest BCUT2D eigenvalue weighted by atomic mass is 32.2. The van der Waals surface area contributed by atoms with Gasteiger partial charge in [0, 0.05) is 6.04 Å². The second-order valence-electron chi connectivity index (χ2n) is 5.82. The Morgan fingerprint density at radius 3 is 2.32 bits per heavy atom. The van der Waals surface area contributed by atoms with Gasteiger partial charge >= 0.3 is 5.97 Å². The maximum Gasteiger partial charge on any atom is 0.306 e. The first-order valence-electron chi connectivity index (χ1n) is 7.23. The van der Waals surface area contributed by atoms with Gasteiger partial charge in [-0.05, 0) is 32.1 Å². The summed E-state index contributed by atoms with van der Waals surface area (Å²) >= 11 is 0. The van der Waals surface area contributed by atoms with Crippen LogP contribution in [-0.2, 0) is 14.8 Å². The summed E-state index contributed by atoms with van der Waals surface area (Å²) in [7, 11) is -3.36. The molecule has 6 heteroatoms. The lowest BCUT2D eigenvalue weighted by atomic mass is 9.89. The average molecular weight is 289 g/mol. The molecule has 0 radical (unpaired) electrons. The minimum absolute atomic E-state index is 0.0592. The molecule has 0 aromatic rings. The number of aliphatic carboxylic acids is 1. The van der Waals surface area contributed by atoms with Gasteiger partial charge in [-0.2, -0.15) is 0 Å². The Bertz CT molecular complexity index is 414. The molecule has 0 heterocycles. The van der Waals surface area contributed by atoms with Crippen molar-refractivity contribution in [2.24, 2.45) is 5.92 Å². The molecule has 110 valence electrons. The van der Waals surface area contributed by atoms with Crippen molar-refractivity contribution >= 4 is 16.0 Å². The predicted molar refractivity (Wildman–Crippen MR) is 72.3 cm³/mol. The lowest BCUT2D eigenvalue weighted by Gasteiger charge is -2.29. The van der Waals surface area contributed by atoms with Gasteiger partial charge in [-0.3, -0.25) is 4.79 Å². The molecule has 0 aliphatic heterocycles. The first-order chi connectivity index (χ1) is 8.99. The van der Waals surface area contributed by atoms with E-state index in [1.807, 2.05) is 0 Å². The van der Waals surface area contributed by atoms with Crippen LogP contribution in [0, 0.1) is 5.92 Å². The number of carbonyl (C=O) groups is 1. The van der Waals surface area contributed by atoms with E-state index < -0.39 is 27.2 Å². The Morgan fingerprint density at radius 2 is 1.68 bits per heavy atom. The highest BCUT2D eigenvalue weighted by Crippen LogP contribution is 2.29. The van der Waals surface area contributed by atoms with Crippen LogP contribution in [0.5, 0.6) is 0 Å². The van der Waals surface area contributed by atoms with E-state index in [2.05, 4.69) is 4.72 Å². The molecule has 0 aromatic heterocycles. The van der Waals surface area contributed by atoms with Crippen LogP contribution in [0.3, 0.4) is 0 Å². The minimum atomic E-state index is -3.36. The SMILES string of the molecule is O=C(O)C1CCCC(S(=O)(=O)NC2CCCCC2)C1. The first-order valence-corrected chi connectivity index (χ1v) is 8.77. The Labute approximate surface area is 114 Å². The van der Waals surface area contributed by atoms with Crippen molar-refractivity contribution in [1.29, 1.82) is 0 Å². The molecule has 0 amide bonds. The summed E-state index contributed by atoms with van der Waals surface area (Å²) in [4.78, 5) is 11.0. The van der Waals surface area contributed by atoms with Crippen LogP contribution in [0.4, 0.5) is 0 Å². The largest absolute Gasteiger partial charge is 0.481 e. The summed E-state index contributed by atoms with van der Waals surface area (Å²) in [6.45, 7) is 0. The topological polar surface area (TPSA) is 83.5 Å². The summed E-state index contributed by atoms with van der Waals surface area (Å²) in [6, 6.07) is 0.0592. The Balaban J connectivity index is 1.96. The molecule has 2 aliphatic carbocycles. The maximum atomic E-state index is 12.3. The van der Waals surface area contributed by atoms with Gasteiger partial charge in [0.1, 0.15) is 0 Å². The molecule has 0 saturated heterocycles. The van der Waals surface area contributed by atoms with E-state index >= 15 is 0 Å². The number of carboxylic acid groups (broad SMARTS) is 1. The van der Waals surface area contributed by atoms with Crippen molar-refractivity contribution < 1.29 is 18.3 Å². The van der Waals surface area contributed by atoms with E-state index in [1.54, 1.807) is 0 Å². The van der Waals surface area contributed by atoms with E-state index in [1.165, 1.54) is 6.42 Å². The summed E-state index contributed by atoms with van der Waals surface area (Å²) in [5, 5.41) is 8.50. The molecule has 2 N–H and O–H groups in total. The molecule has 5 nitrogen and oxygen atoms in total. The molecule has 2 fully saturated rings. The lowest BCUT2D eigenvalue weighted by molar-refractivity contribution is -0.142. The van der Waals surface area contributed by atoms with E-state index in [-0.39, 0.29) is 12.5 Å². The van der Waals surface area contributed by atoms with Gasteiger partial charge in [0.2, 0.25) is 10.0 Å². The second-order valence-corrected chi connectivity index (χ2v) is 7.81. The molecule has 2 aliphatic rings. The van der Waals surface area contributed by atoms with Crippen LogP contribution < -0.4 is 4.72 Å². The van der Waals surface area contributed by atoms with Gasteiger partial charge in [0.25, 0.3) is 0 Å². The zero-order valence-corrected chi connectivity index (χ0v) is 12.0. The van der Waals surface area contributed by atoms with Gasteiger partial charge in [0.15, 0.2) is 0 Å². The molecule has 0 spiro atoms. The third-order valence-electron chi connectivity index (χ3n) is 4.35. The van der Waals surface area contributed by atoms with Crippen LogP contribution in [-0.4, -0.2) is 30.8 Å². The fraction of sp³-hybridized carbons (Fsp3) is 0.923. The maximum absolute atomic E-state index is 12.3. The Hall–Kier alpha value is -0.620. The number of rotatable bonds is 4. The monoisotopic (exact) mass is 289 g/mol. The Morgan fingerprint density at radius 1 is 1.00 bits per heavy atom. The molecule has 2 saturated carbocycles. The molecule has 0 aromatic carbocycles. The van der Waals surface area contributed by atoms with Crippen LogP contribution in [0.25, 0.3) is 0 Å². The van der Waals surface area contributed by atoms with Crippen LogP contribution >= 0.6 is 0 Å². The minimum Gasteiger partial charge on any atom is -0.481 e. The molecule has 2 rings (SSSR count). The fourth-order valence-electron chi connectivity index (χ4n) is 3.20. The number of nitrogens with one attached hydrogen (secondary N) is 1. The summed E-state index contributed by atoms with van der Waals surface area (Å²) in [5.74, 6) is -1.36. The zero-order valence-electron chi connectivity index (χ0n) is 11.2. The standard InChI is InChI=1S/C13H23NO4S/c15-13(16)10-5-4-8-12(9-10)19(17,18)14-11-6-2-1-3-7-11/h10-12,14H,1-9H2,(H,15,16). The summed E-state index contributed by atoms with van der Waals surface area (Å²) in [6.07, 6.45) is 7.30. The van der Waals surface area contributed by atoms with Gasteiger partial charge in [-0.15, -0.1) is 0 Å². The smallest absolute Gasteiger partial charge is 0.306 e. The Kier molecular flexibility index (Phi) is 4.84. The molecule has 2 unspecified atom stereocenters. The molecular weight excluding hydrogens is 266 g/mol. The molecule has 2 atom stereocenters. The lowest BCUT2D eigenvalue weighted by Crippen LogP contribution is -2.44.